The van der Waals surface area contributed by atoms with E-state index in [2.05, 4.69) is 12.2 Å². The van der Waals surface area contributed by atoms with E-state index in [0.717, 1.165) is 6.54 Å². The third-order valence-corrected chi connectivity index (χ3v) is 1.13. The van der Waals surface area contributed by atoms with Crippen molar-refractivity contribution in [1.29, 1.82) is 0 Å². The van der Waals surface area contributed by atoms with Gasteiger partial charge in [-0.25, -0.2) is 0 Å². The first-order valence-corrected chi connectivity index (χ1v) is 4.09. The second-order valence-electron chi connectivity index (χ2n) is 2.22. The van der Waals surface area contributed by atoms with Gasteiger partial charge in [0.25, 0.3) is 0 Å². The normalized spacial score (nSPS) is 12.2. The molecule has 0 aromatic heterocycles. The lowest BCUT2D eigenvalue weighted by Crippen LogP contribution is -2.04. The fourth-order valence-corrected chi connectivity index (χ4v) is 0.591. The van der Waals surface area contributed by atoms with Crippen LogP contribution in [0.3, 0.4) is 0 Å². The Labute approximate surface area is 69.5 Å². The van der Waals surface area contributed by atoms with Crippen LogP contribution < -0.4 is 5.32 Å². The molecule has 1 nitrogen and oxygen atoms in total. The van der Waals surface area contributed by atoms with Gasteiger partial charge in [-0.3, -0.25) is 0 Å². The summed E-state index contributed by atoms with van der Waals surface area (Å²) in [4.78, 5) is 0. The zero-order chi connectivity index (χ0) is 8.36. The summed E-state index contributed by atoms with van der Waals surface area (Å²) in [6.07, 6.45) is 13.1. The van der Waals surface area contributed by atoms with Crippen molar-refractivity contribution in [2.75, 3.05) is 6.54 Å². The van der Waals surface area contributed by atoms with E-state index in [4.69, 9.17) is 0 Å². The van der Waals surface area contributed by atoms with Crippen LogP contribution in [0.15, 0.2) is 36.6 Å². The minimum Gasteiger partial charge on any atom is -0.391 e. The van der Waals surface area contributed by atoms with E-state index in [1.54, 1.807) is 0 Å². The molecule has 0 fully saturated rings. The van der Waals surface area contributed by atoms with Gasteiger partial charge in [0.05, 0.1) is 0 Å². The van der Waals surface area contributed by atoms with Gasteiger partial charge in [0, 0.05) is 6.54 Å². The van der Waals surface area contributed by atoms with Crippen molar-refractivity contribution in [3.05, 3.63) is 36.6 Å². The molecular weight excluding hydrogens is 134 g/mol. The molecule has 1 heteroatoms. The highest BCUT2D eigenvalue weighted by molar-refractivity contribution is 5.09. The van der Waals surface area contributed by atoms with E-state index in [1.165, 1.54) is 6.42 Å². The van der Waals surface area contributed by atoms with Crippen molar-refractivity contribution in [2.24, 2.45) is 0 Å². The zero-order valence-corrected chi connectivity index (χ0v) is 7.38. The molecule has 0 aliphatic carbocycles. The fraction of sp³-hybridized carbons (Fsp3) is 0.400. The maximum absolute atomic E-state index is 3.16. The Morgan fingerprint density at radius 3 is 2.45 bits per heavy atom. The molecule has 0 aliphatic rings. The number of nitrogens with one attached hydrogen (secondary N) is 1. The molecule has 0 spiro atoms. The highest BCUT2D eigenvalue weighted by Crippen LogP contribution is 1.78. The highest BCUT2D eigenvalue weighted by Gasteiger charge is 1.70. The van der Waals surface area contributed by atoms with Crippen molar-refractivity contribution in [3.8, 4) is 0 Å². The predicted octanol–water partition coefficient (Wildman–Crippen LogP) is 2.63. The Balaban J connectivity index is 3.28. The van der Waals surface area contributed by atoms with Crippen LogP contribution in [0.1, 0.15) is 20.3 Å². The van der Waals surface area contributed by atoms with Crippen LogP contribution in [-0.4, -0.2) is 6.54 Å². The molecule has 0 rings (SSSR count). The quantitative estimate of drug-likeness (QED) is 0.470. The zero-order valence-electron chi connectivity index (χ0n) is 7.38. The van der Waals surface area contributed by atoms with Gasteiger partial charge in [0.2, 0.25) is 0 Å². The Morgan fingerprint density at radius 1 is 1.09 bits per heavy atom. The van der Waals surface area contributed by atoms with Crippen LogP contribution >= 0.6 is 0 Å². The third kappa shape index (κ3) is 9.02. The minimum absolute atomic E-state index is 1.05. The first-order valence-electron chi connectivity index (χ1n) is 4.09. The van der Waals surface area contributed by atoms with Gasteiger partial charge in [0.15, 0.2) is 0 Å². The van der Waals surface area contributed by atoms with Gasteiger partial charge in [-0.1, -0.05) is 31.2 Å². The Morgan fingerprint density at radius 2 is 1.82 bits per heavy atom. The van der Waals surface area contributed by atoms with Crippen molar-refractivity contribution in [2.45, 2.75) is 20.3 Å². The molecule has 0 saturated carbocycles. The molecule has 11 heavy (non-hydrogen) atoms. The van der Waals surface area contributed by atoms with Crippen LogP contribution in [0.25, 0.3) is 0 Å². The first kappa shape index (κ1) is 10.0. The van der Waals surface area contributed by atoms with E-state index in [0.29, 0.717) is 0 Å². The summed E-state index contributed by atoms with van der Waals surface area (Å²) < 4.78 is 0. The lowest BCUT2D eigenvalue weighted by atomic mass is 10.4. The van der Waals surface area contributed by atoms with E-state index in [1.807, 2.05) is 43.5 Å². The summed E-state index contributed by atoms with van der Waals surface area (Å²) >= 11 is 0. The summed E-state index contributed by atoms with van der Waals surface area (Å²) in [5.41, 5.74) is 0. The topological polar surface area (TPSA) is 12.0 Å². The van der Waals surface area contributed by atoms with Crippen molar-refractivity contribution >= 4 is 0 Å². The number of hydrogen-bond acceptors (Lipinski definition) is 1. The molecule has 0 heterocycles. The summed E-state index contributed by atoms with van der Waals surface area (Å²) in [5, 5.41) is 3.16. The van der Waals surface area contributed by atoms with E-state index in [-0.39, 0.29) is 0 Å². The smallest absolute Gasteiger partial charge is 0.0138 e. The molecule has 0 aromatic carbocycles. The van der Waals surface area contributed by atoms with Crippen LogP contribution in [0.5, 0.6) is 0 Å². The molecular formula is C10H17N. The van der Waals surface area contributed by atoms with Gasteiger partial charge in [-0.05, 0) is 25.6 Å². The second-order valence-corrected chi connectivity index (χ2v) is 2.22. The van der Waals surface area contributed by atoms with Crippen molar-refractivity contribution < 1.29 is 0 Å². The molecule has 0 bridgehead atoms. The Kier molecular flexibility index (Phi) is 8.22. The number of allylic oxidation sites excluding steroid dienone is 5. The average molecular weight is 151 g/mol. The Hall–Kier alpha value is -0.980. The lowest BCUT2D eigenvalue weighted by Gasteiger charge is -1.91. The van der Waals surface area contributed by atoms with Crippen LogP contribution in [0.4, 0.5) is 0 Å². The highest BCUT2D eigenvalue weighted by atomic mass is 14.8. The number of hydrogen-bond donors (Lipinski definition) is 1. The van der Waals surface area contributed by atoms with Crippen LogP contribution in [-0.2, 0) is 0 Å². The van der Waals surface area contributed by atoms with E-state index in [9.17, 15) is 0 Å². The third-order valence-electron chi connectivity index (χ3n) is 1.13. The summed E-state index contributed by atoms with van der Waals surface area (Å²) in [5.74, 6) is 0. The van der Waals surface area contributed by atoms with Crippen LogP contribution in [0.2, 0.25) is 0 Å². The molecule has 0 aromatic rings. The molecule has 0 saturated heterocycles. The van der Waals surface area contributed by atoms with Gasteiger partial charge in [-0.2, -0.15) is 0 Å². The molecule has 1 N–H and O–H groups in total. The maximum Gasteiger partial charge on any atom is 0.0138 e. The minimum atomic E-state index is 1.05. The molecule has 0 radical (unpaired) electrons. The van der Waals surface area contributed by atoms with Crippen molar-refractivity contribution in [1.82, 2.24) is 5.32 Å². The van der Waals surface area contributed by atoms with Crippen molar-refractivity contribution in [3.63, 3.8) is 0 Å². The largest absolute Gasteiger partial charge is 0.391 e. The Bertz CT molecular complexity index is 143. The van der Waals surface area contributed by atoms with E-state index < -0.39 is 0 Å². The second kappa shape index (κ2) is 9.02. The van der Waals surface area contributed by atoms with Gasteiger partial charge in [0.1, 0.15) is 0 Å². The van der Waals surface area contributed by atoms with Crippen LogP contribution in [0, 0.1) is 0 Å². The van der Waals surface area contributed by atoms with Gasteiger partial charge < -0.3 is 5.32 Å². The first-order chi connectivity index (χ1) is 5.41. The summed E-state index contributed by atoms with van der Waals surface area (Å²) in [7, 11) is 0. The summed E-state index contributed by atoms with van der Waals surface area (Å²) in [6, 6.07) is 0. The molecule has 0 amide bonds. The molecule has 0 atom stereocenters. The molecule has 0 unspecified atom stereocenters. The standard InChI is InChI=1S/C10H17N/c1-3-5-6-7-8-10-11-9-4-2/h3,5-8,10-11H,4,9H2,1-2H3/b5-3-,7-6-,10-8+. The molecule has 0 aliphatic heterocycles. The molecule has 62 valence electrons. The SMILES string of the molecule is C\C=C/C=C\C=C\NCCC. The van der Waals surface area contributed by atoms with Gasteiger partial charge >= 0.3 is 0 Å². The van der Waals surface area contributed by atoms with Gasteiger partial charge in [-0.15, -0.1) is 0 Å². The number of rotatable bonds is 5. The fourth-order valence-electron chi connectivity index (χ4n) is 0.591. The average Bonchev–Trinajstić information content (AvgIpc) is 2.03. The lowest BCUT2D eigenvalue weighted by molar-refractivity contribution is 0.809. The van der Waals surface area contributed by atoms with E-state index >= 15 is 0 Å². The summed E-state index contributed by atoms with van der Waals surface area (Å²) in [6.45, 7) is 5.20. The predicted molar refractivity (Wildman–Crippen MR) is 51.4 cm³/mol. The maximum atomic E-state index is 3.16. The monoisotopic (exact) mass is 151 g/mol.